The van der Waals surface area contributed by atoms with Crippen LogP contribution in [0.1, 0.15) is 46.5 Å². The van der Waals surface area contributed by atoms with E-state index in [-0.39, 0.29) is 0 Å². The topological polar surface area (TPSA) is 12.0 Å². The van der Waals surface area contributed by atoms with Crippen LogP contribution in [-0.4, -0.2) is 20.4 Å². The van der Waals surface area contributed by atoms with Gasteiger partial charge in [0, 0.05) is 6.04 Å². The van der Waals surface area contributed by atoms with Crippen molar-refractivity contribution in [3.63, 3.8) is 0 Å². The Kier molecular flexibility index (Phi) is 7.68. The molecule has 12 heavy (non-hydrogen) atoms. The average Bonchev–Trinajstić information content (AvgIpc) is 2.00. The first-order valence-corrected chi connectivity index (χ1v) is 5.40. The molecule has 0 aromatic rings. The van der Waals surface area contributed by atoms with Gasteiger partial charge in [0.1, 0.15) is 7.85 Å². The van der Waals surface area contributed by atoms with E-state index in [9.17, 15) is 0 Å². The van der Waals surface area contributed by atoms with Gasteiger partial charge >= 0.3 is 0 Å². The molecule has 0 rings (SSSR count). The van der Waals surface area contributed by atoms with Crippen LogP contribution in [0.2, 0.25) is 5.82 Å². The van der Waals surface area contributed by atoms with E-state index in [1.807, 2.05) is 0 Å². The van der Waals surface area contributed by atoms with Gasteiger partial charge in [-0.05, 0) is 13.0 Å². The van der Waals surface area contributed by atoms with Gasteiger partial charge in [-0.3, -0.25) is 0 Å². The number of hydrogen-bond acceptors (Lipinski definition) is 1. The second-order valence-corrected chi connectivity index (χ2v) is 4.14. The molecule has 1 atom stereocenters. The molecule has 0 heterocycles. The molecule has 0 aliphatic heterocycles. The molecule has 1 unspecified atom stereocenters. The lowest BCUT2D eigenvalue weighted by Crippen LogP contribution is -2.24. The van der Waals surface area contributed by atoms with E-state index in [2.05, 4.69) is 33.9 Å². The van der Waals surface area contributed by atoms with Gasteiger partial charge < -0.3 is 5.32 Å². The fraction of sp³-hybridized carbons (Fsp3) is 1.00. The third-order valence-corrected chi connectivity index (χ3v) is 2.24. The Balaban J connectivity index is 3.13. The Morgan fingerprint density at radius 2 is 1.92 bits per heavy atom. The molecule has 72 valence electrons. The van der Waals surface area contributed by atoms with E-state index in [1.54, 1.807) is 0 Å². The molecule has 0 aromatic heterocycles. The van der Waals surface area contributed by atoms with Gasteiger partial charge in [-0.15, -0.1) is 0 Å². The van der Waals surface area contributed by atoms with Crippen molar-refractivity contribution in [2.45, 2.75) is 58.3 Å². The molecule has 0 amide bonds. The molecule has 0 spiro atoms. The molecule has 0 aliphatic rings. The minimum Gasteiger partial charge on any atom is -0.315 e. The fourth-order valence-electron chi connectivity index (χ4n) is 1.32. The highest BCUT2D eigenvalue weighted by molar-refractivity contribution is 6.11. The summed E-state index contributed by atoms with van der Waals surface area (Å²) in [5.41, 5.74) is 0. The van der Waals surface area contributed by atoms with Crippen LogP contribution in [0.4, 0.5) is 0 Å². The number of unbranched alkanes of at least 4 members (excludes halogenated alkanes) is 1. The normalized spacial score (nSPS) is 13.7. The summed E-state index contributed by atoms with van der Waals surface area (Å²) in [5.74, 6) is 0.899. The van der Waals surface area contributed by atoms with Crippen LogP contribution < -0.4 is 5.32 Å². The van der Waals surface area contributed by atoms with E-state index in [1.165, 1.54) is 32.2 Å². The van der Waals surface area contributed by atoms with Crippen molar-refractivity contribution in [3.05, 3.63) is 0 Å². The first-order chi connectivity index (χ1) is 5.66. The van der Waals surface area contributed by atoms with Gasteiger partial charge in [0.05, 0.1) is 0 Å². The van der Waals surface area contributed by atoms with E-state index in [0.29, 0.717) is 6.04 Å². The Morgan fingerprint density at radius 1 is 1.25 bits per heavy atom. The molecule has 0 fully saturated rings. The van der Waals surface area contributed by atoms with Gasteiger partial charge in [0.15, 0.2) is 0 Å². The minimum atomic E-state index is 0.642. The average molecular weight is 169 g/mol. The predicted octanol–water partition coefficient (Wildman–Crippen LogP) is 1.99. The quantitative estimate of drug-likeness (QED) is 0.574. The first-order valence-electron chi connectivity index (χ1n) is 5.40. The second kappa shape index (κ2) is 7.66. The third-order valence-electron chi connectivity index (χ3n) is 2.24. The third kappa shape index (κ3) is 8.12. The van der Waals surface area contributed by atoms with E-state index < -0.39 is 0 Å². The summed E-state index contributed by atoms with van der Waals surface area (Å²) < 4.78 is 0. The molecule has 0 saturated carbocycles. The lowest BCUT2D eigenvalue weighted by atomic mass is 9.80. The first kappa shape index (κ1) is 12.0. The molecule has 0 aliphatic carbocycles. The summed E-state index contributed by atoms with van der Waals surface area (Å²) in [6.07, 6.45) is 5.46. The molecule has 0 saturated heterocycles. The number of rotatable bonds is 7. The van der Waals surface area contributed by atoms with Crippen LogP contribution in [0, 0.1) is 0 Å². The Morgan fingerprint density at radius 3 is 2.42 bits per heavy atom. The maximum atomic E-state index is 3.45. The zero-order chi connectivity index (χ0) is 9.40. The summed E-state index contributed by atoms with van der Waals surface area (Å²) in [6, 6.07) is 0.642. The number of nitrogens with one attached hydrogen (secondary N) is 1. The number of hydrogen-bond donors (Lipinski definition) is 1. The lowest BCUT2D eigenvalue weighted by Gasteiger charge is -2.12. The van der Waals surface area contributed by atoms with Crippen molar-refractivity contribution in [1.29, 1.82) is 0 Å². The zero-order valence-corrected chi connectivity index (χ0v) is 9.19. The van der Waals surface area contributed by atoms with Gasteiger partial charge in [-0.1, -0.05) is 45.9 Å². The highest BCUT2D eigenvalue weighted by Crippen LogP contribution is 2.13. The van der Waals surface area contributed by atoms with Crippen molar-refractivity contribution >= 4 is 7.85 Å². The lowest BCUT2D eigenvalue weighted by molar-refractivity contribution is 0.540. The summed E-state index contributed by atoms with van der Waals surface area (Å²) in [6.45, 7) is 7.86. The standard InChI is InChI=1S/C10H24BN/c1-4-5-6-10(11)7-8-12-9(2)3/h9-10,12H,4-8,11H2,1-3H3. The summed E-state index contributed by atoms with van der Waals surface area (Å²) in [5, 5.41) is 3.45. The van der Waals surface area contributed by atoms with E-state index >= 15 is 0 Å². The Labute approximate surface area is 78.7 Å². The molecule has 1 N–H and O–H groups in total. The van der Waals surface area contributed by atoms with Gasteiger partial charge in [-0.25, -0.2) is 0 Å². The maximum absolute atomic E-state index is 3.45. The molecular weight excluding hydrogens is 145 g/mol. The SMILES string of the molecule is BC(CCCC)CCNC(C)C. The highest BCUT2D eigenvalue weighted by atomic mass is 14.9. The molecule has 0 aromatic carbocycles. The molecule has 0 bridgehead atoms. The van der Waals surface area contributed by atoms with Crippen molar-refractivity contribution in [2.75, 3.05) is 6.54 Å². The van der Waals surface area contributed by atoms with Crippen LogP contribution in [0.15, 0.2) is 0 Å². The van der Waals surface area contributed by atoms with Crippen molar-refractivity contribution in [2.24, 2.45) is 0 Å². The van der Waals surface area contributed by atoms with Crippen molar-refractivity contribution in [1.82, 2.24) is 5.32 Å². The summed E-state index contributed by atoms with van der Waals surface area (Å²) >= 11 is 0. The Hall–Kier alpha value is 0.0249. The molecule has 0 radical (unpaired) electrons. The fourth-order valence-corrected chi connectivity index (χ4v) is 1.32. The van der Waals surface area contributed by atoms with Crippen molar-refractivity contribution < 1.29 is 0 Å². The summed E-state index contributed by atoms with van der Waals surface area (Å²) in [4.78, 5) is 0. The highest BCUT2D eigenvalue weighted by Gasteiger charge is 2.01. The zero-order valence-electron chi connectivity index (χ0n) is 9.19. The summed E-state index contributed by atoms with van der Waals surface area (Å²) in [7, 11) is 2.36. The van der Waals surface area contributed by atoms with Crippen LogP contribution in [-0.2, 0) is 0 Å². The van der Waals surface area contributed by atoms with Crippen LogP contribution >= 0.6 is 0 Å². The van der Waals surface area contributed by atoms with Gasteiger partial charge in [0.2, 0.25) is 0 Å². The minimum absolute atomic E-state index is 0.642. The second-order valence-electron chi connectivity index (χ2n) is 4.14. The smallest absolute Gasteiger partial charge is 0.105 e. The largest absolute Gasteiger partial charge is 0.315 e. The molecular formula is C10H24BN. The maximum Gasteiger partial charge on any atom is 0.105 e. The predicted molar refractivity (Wildman–Crippen MR) is 59.6 cm³/mol. The van der Waals surface area contributed by atoms with Crippen LogP contribution in [0.3, 0.4) is 0 Å². The van der Waals surface area contributed by atoms with Gasteiger partial charge in [0.25, 0.3) is 0 Å². The molecule has 2 heteroatoms. The Bertz CT molecular complexity index is 93.8. The van der Waals surface area contributed by atoms with Crippen LogP contribution in [0.25, 0.3) is 0 Å². The van der Waals surface area contributed by atoms with Crippen molar-refractivity contribution in [3.8, 4) is 0 Å². The molecule has 1 nitrogen and oxygen atoms in total. The van der Waals surface area contributed by atoms with E-state index in [0.717, 1.165) is 5.82 Å². The van der Waals surface area contributed by atoms with Crippen LogP contribution in [0.5, 0.6) is 0 Å². The van der Waals surface area contributed by atoms with Gasteiger partial charge in [-0.2, -0.15) is 0 Å². The monoisotopic (exact) mass is 169 g/mol. The van der Waals surface area contributed by atoms with E-state index in [4.69, 9.17) is 0 Å².